The highest BCUT2D eigenvalue weighted by atomic mass is 35.5. The number of hydrogen-bond acceptors (Lipinski definition) is 5. The van der Waals surface area contributed by atoms with Crippen LogP contribution in [0, 0.1) is 6.92 Å². The smallest absolute Gasteiger partial charge is 0.261 e. The summed E-state index contributed by atoms with van der Waals surface area (Å²) in [5.74, 6) is 0.687. The number of aryl methyl sites for hydroxylation is 1. The third kappa shape index (κ3) is 3.30. The number of hydrogen-bond donors (Lipinski definition) is 1. The lowest BCUT2D eigenvalue weighted by Crippen LogP contribution is -2.13. The van der Waals surface area contributed by atoms with Crippen LogP contribution in [0.2, 0.25) is 5.02 Å². The molecule has 26 heavy (non-hydrogen) atoms. The molecule has 1 heterocycles. The molecule has 0 amide bonds. The third-order valence-electron chi connectivity index (χ3n) is 4.23. The first-order valence-corrected chi connectivity index (χ1v) is 9.97. The Balaban J connectivity index is 1.57. The van der Waals surface area contributed by atoms with Gasteiger partial charge in [0.2, 0.25) is 0 Å². The Bertz CT molecular complexity index is 1060. The van der Waals surface area contributed by atoms with Crippen molar-refractivity contribution in [3.8, 4) is 11.4 Å². The van der Waals surface area contributed by atoms with E-state index in [4.69, 9.17) is 11.6 Å². The van der Waals surface area contributed by atoms with E-state index >= 15 is 0 Å². The van der Waals surface area contributed by atoms with Gasteiger partial charge in [0, 0.05) is 16.3 Å². The Kier molecular flexibility index (Phi) is 4.16. The highest BCUT2D eigenvalue weighted by Crippen LogP contribution is 2.36. The van der Waals surface area contributed by atoms with Crippen molar-refractivity contribution in [2.45, 2.75) is 30.7 Å². The Morgan fingerprint density at radius 3 is 2.54 bits per heavy atom. The topological polar surface area (TPSA) is 89.8 Å². The maximum Gasteiger partial charge on any atom is 0.261 e. The monoisotopic (exact) mass is 389 g/mol. The van der Waals surface area contributed by atoms with Gasteiger partial charge in [-0.3, -0.25) is 4.72 Å². The quantitative estimate of drug-likeness (QED) is 0.721. The number of benzene rings is 2. The molecule has 0 spiro atoms. The Labute approximate surface area is 156 Å². The van der Waals surface area contributed by atoms with Gasteiger partial charge in [-0.1, -0.05) is 17.7 Å². The van der Waals surface area contributed by atoms with Crippen molar-refractivity contribution < 1.29 is 8.42 Å². The number of anilines is 1. The van der Waals surface area contributed by atoms with E-state index in [1.165, 1.54) is 12.1 Å². The lowest BCUT2D eigenvalue weighted by molar-refractivity contribution is 0.601. The van der Waals surface area contributed by atoms with Crippen molar-refractivity contribution in [2.75, 3.05) is 4.72 Å². The van der Waals surface area contributed by atoms with Crippen LogP contribution >= 0.6 is 11.6 Å². The number of nitrogens with zero attached hydrogens (tertiary/aromatic N) is 4. The lowest BCUT2D eigenvalue weighted by Gasteiger charge is -2.10. The summed E-state index contributed by atoms with van der Waals surface area (Å²) < 4.78 is 29.4. The molecule has 0 bridgehead atoms. The predicted molar refractivity (Wildman–Crippen MR) is 98.5 cm³/mol. The number of halogens is 1. The average Bonchev–Trinajstić information content (AvgIpc) is 3.34. The zero-order valence-electron chi connectivity index (χ0n) is 13.9. The van der Waals surface area contributed by atoms with Gasteiger partial charge in [-0.05, 0) is 72.2 Å². The number of tetrazole rings is 1. The summed E-state index contributed by atoms with van der Waals surface area (Å²) >= 11 is 6.03. The first kappa shape index (κ1) is 17.0. The van der Waals surface area contributed by atoms with Crippen molar-refractivity contribution in [3.63, 3.8) is 0 Å². The summed E-state index contributed by atoms with van der Waals surface area (Å²) in [5.41, 5.74) is 2.11. The number of rotatable bonds is 5. The van der Waals surface area contributed by atoms with Crippen LogP contribution in [0.5, 0.6) is 0 Å². The van der Waals surface area contributed by atoms with E-state index in [1.807, 2.05) is 11.6 Å². The molecule has 9 heteroatoms. The largest absolute Gasteiger partial charge is 0.280 e. The maximum atomic E-state index is 12.5. The lowest BCUT2D eigenvalue weighted by atomic mass is 10.2. The van der Waals surface area contributed by atoms with Gasteiger partial charge >= 0.3 is 0 Å². The first-order valence-electron chi connectivity index (χ1n) is 8.11. The van der Waals surface area contributed by atoms with E-state index in [0.29, 0.717) is 22.6 Å². The van der Waals surface area contributed by atoms with Crippen molar-refractivity contribution >= 4 is 27.3 Å². The molecule has 7 nitrogen and oxygen atoms in total. The van der Waals surface area contributed by atoms with Gasteiger partial charge < -0.3 is 0 Å². The van der Waals surface area contributed by atoms with Gasteiger partial charge in [0.05, 0.1) is 10.9 Å². The minimum atomic E-state index is -3.71. The molecule has 0 unspecified atom stereocenters. The zero-order chi connectivity index (χ0) is 18.3. The van der Waals surface area contributed by atoms with Gasteiger partial charge in [-0.2, -0.15) is 0 Å². The molecular weight excluding hydrogens is 374 g/mol. The molecule has 1 aromatic heterocycles. The molecule has 1 fully saturated rings. The highest BCUT2D eigenvalue weighted by Gasteiger charge is 2.28. The average molecular weight is 390 g/mol. The van der Waals surface area contributed by atoms with E-state index in [-0.39, 0.29) is 4.90 Å². The van der Waals surface area contributed by atoms with E-state index < -0.39 is 10.0 Å². The van der Waals surface area contributed by atoms with Crippen LogP contribution in [0.15, 0.2) is 47.4 Å². The van der Waals surface area contributed by atoms with Gasteiger partial charge in [0.1, 0.15) is 0 Å². The second-order valence-corrected chi connectivity index (χ2v) is 8.36. The Morgan fingerprint density at radius 2 is 1.88 bits per heavy atom. The van der Waals surface area contributed by atoms with E-state index in [1.54, 1.807) is 30.3 Å². The van der Waals surface area contributed by atoms with E-state index in [0.717, 1.165) is 24.0 Å². The van der Waals surface area contributed by atoms with Gasteiger partial charge in [-0.25, -0.2) is 13.1 Å². The molecule has 0 saturated heterocycles. The number of aromatic nitrogens is 4. The van der Waals surface area contributed by atoms with Gasteiger partial charge in [0.25, 0.3) is 10.0 Å². The molecule has 0 atom stereocenters. The van der Waals surface area contributed by atoms with Crippen LogP contribution in [0.4, 0.5) is 5.69 Å². The molecule has 0 radical (unpaired) electrons. The van der Waals surface area contributed by atoms with Crippen molar-refractivity contribution in [1.29, 1.82) is 0 Å². The van der Waals surface area contributed by atoms with Crippen LogP contribution in [0.25, 0.3) is 11.4 Å². The highest BCUT2D eigenvalue weighted by molar-refractivity contribution is 7.92. The summed E-state index contributed by atoms with van der Waals surface area (Å²) in [4.78, 5) is 0.120. The SMILES string of the molecule is Cc1ccc(S(=O)(=O)Nc2ccc(-c3nnnn3C3CC3)cc2)cc1Cl. The predicted octanol–water partition coefficient (Wildman–Crippen LogP) is 3.44. The van der Waals surface area contributed by atoms with Crippen LogP contribution in [-0.4, -0.2) is 28.6 Å². The Hall–Kier alpha value is -2.45. The van der Waals surface area contributed by atoms with Crippen LogP contribution in [0.3, 0.4) is 0 Å². The summed E-state index contributed by atoms with van der Waals surface area (Å²) in [6.45, 7) is 1.82. The zero-order valence-corrected chi connectivity index (χ0v) is 15.5. The normalized spacial score (nSPS) is 14.4. The van der Waals surface area contributed by atoms with Crippen molar-refractivity contribution in [1.82, 2.24) is 20.2 Å². The molecule has 1 saturated carbocycles. The third-order valence-corrected chi connectivity index (χ3v) is 6.02. The number of nitrogens with one attached hydrogen (secondary N) is 1. The van der Waals surface area contributed by atoms with Gasteiger partial charge in [0.15, 0.2) is 5.82 Å². The number of sulfonamides is 1. The second kappa shape index (κ2) is 6.37. The van der Waals surface area contributed by atoms with Crippen molar-refractivity contribution in [3.05, 3.63) is 53.1 Å². The Morgan fingerprint density at radius 1 is 1.15 bits per heavy atom. The summed E-state index contributed by atoms with van der Waals surface area (Å²) in [5, 5.41) is 12.2. The summed E-state index contributed by atoms with van der Waals surface area (Å²) in [6, 6.07) is 12.0. The maximum absolute atomic E-state index is 12.5. The van der Waals surface area contributed by atoms with Crippen molar-refractivity contribution in [2.24, 2.45) is 0 Å². The first-order chi connectivity index (χ1) is 12.4. The molecule has 4 rings (SSSR count). The molecule has 134 valence electrons. The molecule has 1 N–H and O–H groups in total. The molecule has 3 aromatic rings. The second-order valence-electron chi connectivity index (χ2n) is 6.27. The standard InChI is InChI=1S/C17H16ClN5O2S/c1-11-2-9-15(10-16(11)18)26(24,25)20-13-5-3-12(4-6-13)17-19-21-22-23(17)14-7-8-14/h2-6,9-10,14,20H,7-8H2,1H3. The summed E-state index contributed by atoms with van der Waals surface area (Å²) in [6.07, 6.45) is 2.16. The van der Waals surface area contributed by atoms with Crippen LogP contribution in [-0.2, 0) is 10.0 Å². The van der Waals surface area contributed by atoms with E-state index in [2.05, 4.69) is 20.2 Å². The van der Waals surface area contributed by atoms with Gasteiger partial charge in [-0.15, -0.1) is 5.10 Å². The van der Waals surface area contributed by atoms with E-state index in [9.17, 15) is 8.42 Å². The fourth-order valence-corrected chi connectivity index (χ4v) is 3.92. The van der Waals surface area contributed by atoms with Crippen LogP contribution < -0.4 is 4.72 Å². The summed E-state index contributed by atoms with van der Waals surface area (Å²) in [7, 11) is -3.71. The fourth-order valence-electron chi connectivity index (χ4n) is 2.59. The molecular formula is C17H16ClN5O2S. The molecule has 1 aliphatic carbocycles. The fraction of sp³-hybridized carbons (Fsp3) is 0.235. The molecule has 2 aromatic carbocycles. The molecule has 1 aliphatic rings. The minimum Gasteiger partial charge on any atom is -0.280 e. The molecule has 0 aliphatic heterocycles. The minimum absolute atomic E-state index is 0.120. The van der Waals surface area contributed by atoms with Crippen LogP contribution in [0.1, 0.15) is 24.4 Å².